The maximum Gasteiger partial charge on any atom is 0.304 e. The van der Waals surface area contributed by atoms with Crippen molar-refractivity contribution in [3.05, 3.63) is 23.5 Å². The molecule has 2 rings (SSSR count). The molecule has 0 aliphatic heterocycles. The summed E-state index contributed by atoms with van der Waals surface area (Å²) in [5.74, 6) is -2.38. The predicted octanol–water partition coefficient (Wildman–Crippen LogP) is 1.44. The van der Waals surface area contributed by atoms with E-state index in [2.05, 4.69) is 0 Å². The highest BCUT2D eigenvalue weighted by molar-refractivity contribution is 7.90. The van der Waals surface area contributed by atoms with E-state index in [1.807, 2.05) is 0 Å². The quantitative estimate of drug-likeness (QED) is 0.874. The fourth-order valence-corrected chi connectivity index (χ4v) is 2.97. The number of hydrogen-bond donors (Lipinski definition) is 2. The van der Waals surface area contributed by atoms with E-state index in [9.17, 15) is 22.7 Å². The first-order valence-corrected chi connectivity index (χ1v) is 7.50. The van der Waals surface area contributed by atoms with Crippen LogP contribution in [-0.4, -0.2) is 30.9 Å². The highest BCUT2D eigenvalue weighted by atomic mass is 32.2. The van der Waals surface area contributed by atoms with Crippen LogP contribution >= 0.6 is 0 Å². The Kier molecular flexibility index (Phi) is 3.04. The zero-order valence-corrected chi connectivity index (χ0v) is 11.0. The first kappa shape index (κ1) is 13.8. The molecule has 0 radical (unpaired) electrons. The lowest BCUT2D eigenvalue weighted by Gasteiger charge is -2.16. The van der Waals surface area contributed by atoms with Crippen LogP contribution < -0.4 is 0 Å². The minimum absolute atomic E-state index is 0.166. The molecule has 19 heavy (non-hydrogen) atoms. The van der Waals surface area contributed by atoms with Crippen molar-refractivity contribution in [3.63, 3.8) is 0 Å². The van der Waals surface area contributed by atoms with Crippen molar-refractivity contribution in [2.45, 2.75) is 29.6 Å². The molecule has 7 heteroatoms. The summed E-state index contributed by atoms with van der Waals surface area (Å²) in [6, 6.07) is 1.78. The Labute approximate surface area is 109 Å². The average Bonchev–Trinajstić information content (AvgIpc) is 2.99. The van der Waals surface area contributed by atoms with Gasteiger partial charge in [-0.25, -0.2) is 12.8 Å². The van der Waals surface area contributed by atoms with Crippen LogP contribution in [0.3, 0.4) is 0 Å². The summed E-state index contributed by atoms with van der Waals surface area (Å²) >= 11 is 0. The molecule has 0 aromatic heterocycles. The van der Waals surface area contributed by atoms with E-state index in [-0.39, 0.29) is 17.7 Å². The summed E-state index contributed by atoms with van der Waals surface area (Å²) in [5, 5.41) is 18.7. The second kappa shape index (κ2) is 4.19. The molecule has 2 N–H and O–H groups in total. The van der Waals surface area contributed by atoms with Gasteiger partial charge in [-0.1, -0.05) is 0 Å². The van der Waals surface area contributed by atoms with Crippen LogP contribution in [0.5, 0.6) is 5.75 Å². The van der Waals surface area contributed by atoms with Crippen molar-refractivity contribution in [2.24, 2.45) is 0 Å². The Morgan fingerprint density at radius 3 is 2.42 bits per heavy atom. The molecule has 0 saturated heterocycles. The summed E-state index contributed by atoms with van der Waals surface area (Å²) < 4.78 is 36.4. The Morgan fingerprint density at radius 1 is 1.42 bits per heavy atom. The molecule has 0 heterocycles. The smallest absolute Gasteiger partial charge is 0.304 e. The van der Waals surface area contributed by atoms with Gasteiger partial charge in [0, 0.05) is 23.3 Å². The van der Waals surface area contributed by atoms with Gasteiger partial charge in [-0.2, -0.15) is 0 Å². The maximum absolute atomic E-state index is 13.8. The van der Waals surface area contributed by atoms with Crippen LogP contribution in [0, 0.1) is 5.82 Å². The van der Waals surface area contributed by atoms with Crippen molar-refractivity contribution in [1.82, 2.24) is 0 Å². The second-order valence-electron chi connectivity index (χ2n) is 4.92. The van der Waals surface area contributed by atoms with E-state index in [4.69, 9.17) is 5.11 Å². The number of carbonyl (C=O) groups is 1. The van der Waals surface area contributed by atoms with Gasteiger partial charge in [0.1, 0.15) is 16.5 Å². The number of hydrogen-bond acceptors (Lipinski definition) is 4. The molecule has 1 aliphatic rings. The molecule has 0 amide bonds. The molecule has 5 nitrogen and oxygen atoms in total. The van der Waals surface area contributed by atoms with Gasteiger partial charge in [0.15, 0.2) is 9.84 Å². The monoisotopic (exact) mass is 288 g/mol. The number of rotatable bonds is 4. The number of carboxylic acids is 1. The number of halogens is 1. The van der Waals surface area contributed by atoms with Gasteiger partial charge >= 0.3 is 5.97 Å². The number of benzene rings is 1. The topological polar surface area (TPSA) is 91.7 Å². The number of sulfone groups is 1. The molecule has 1 aromatic carbocycles. The number of aromatic hydroxyl groups is 1. The van der Waals surface area contributed by atoms with Gasteiger partial charge in [-0.05, 0) is 18.9 Å². The third-order valence-corrected chi connectivity index (χ3v) is 4.48. The normalized spacial score (nSPS) is 17.2. The average molecular weight is 288 g/mol. The molecule has 104 valence electrons. The van der Waals surface area contributed by atoms with Gasteiger partial charge in [0.2, 0.25) is 0 Å². The summed E-state index contributed by atoms with van der Waals surface area (Å²) in [5.41, 5.74) is -0.605. The number of aliphatic carboxylic acids is 1. The van der Waals surface area contributed by atoms with Crippen LogP contribution in [0.2, 0.25) is 0 Å². The van der Waals surface area contributed by atoms with E-state index >= 15 is 0 Å². The van der Waals surface area contributed by atoms with Crippen molar-refractivity contribution >= 4 is 15.8 Å². The zero-order valence-electron chi connectivity index (χ0n) is 10.2. The van der Waals surface area contributed by atoms with Gasteiger partial charge in [0.25, 0.3) is 0 Å². The highest BCUT2D eigenvalue weighted by Gasteiger charge is 2.48. The largest absolute Gasteiger partial charge is 0.508 e. The van der Waals surface area contributed by atoms with Crippen molar-refractivity contribution < 1.29 is 27.8 Å². The summed E-state index contributed by atoms with van der Waals surface area (Å²) in [6.07, 6.45) is 1.70. The zero-order chi connectivity index (χ0) is 14.4. The molecule has 0 atom stereocenters. The van der Waals surface area contributed by atoms with E-state index in [1.54, 1.807) is 0 Å². The van der Waals surface area contributed by atoms with Crippen molar-refractivity contribution in [1.29, 1.82) is 0 Å². The molecule has 1 aliphatic carbocycles. The van der Waals surface area contributed by atoms with Gasteiger partial charge in [0.05, 0.1) is 6.42 Å². The Balaban J connectivity index is 2.51. The molecule has 1 aromatic rings. The fraction of sp³-hybridized carbons (Fsp3) is 0.417. The third kappa shape index (κ3) is 2.56. The summed E-state index contributed by atoms with van der Waals surface area (Å²) in [7, 11) is -3.77. The van der Waals surface area contributed by atoms with E-state index in [1.165, 1.54) is 0 Å². The van der Waals surface area contributed by atoms with Gasteiger partial charge in [-0.3, -0.25) is 4.79 Å². The van der Waals surface area contributed by atoms with E-state index in [0.29, 0.717) is 12.8 Å². The lowest BCUT2D eigenvalue weighted by atomic mass is 9.91. The molecular formula is C12H13FO5S. The lowest BCUT2D eigenvalue weighted by molar-refractivity contribution is -0.137. The van der Waals surface area contributed by atoms with Crippen LogP contribution in [0.25, 0.3) is 0 Å². The molecular weight excluding hydrogens is 275 g/mol. The molecule has 0 spiro atoms. The Hall–Kier alpha value is -1.63. The first-order valence-electron chi connectivity index (χ1n) is 5.60. The number of phenolic OH excluding ortho intramolecular Hbond substituents is 1. The van der Waals surface area contributed by atoms with Crippen LogP contribution in [-0.2, 0) is 20.0 Å². The van der Waals surface area contributed by atoms with Gasteiger partial charge < -0.3 is 10.2 Å². The minimum atomic E-state index is -3.77. The summed E-state index contributed by atoms with van der Waals surface area (Å²) in [6.45, 7) is 0. The minimum Gasteiger partial charge on any atom is -0.508 e. The second-order valence-corrected chi connectivity index (χ2v) is 6.91. The van der Waals surface area contributed by atoms with Gasteiger partial charge in [-0.15, -0.1) is 0 Å². The Morgan fingerprint density at radius 2 is 2.00 bits per heavy atom. The van der Waals surface area contributed by atoms with Crippen molar-refractivity contribution in [2.75, 3.05) is 6.26 Å². The highest BCUT2D eigenvalue weighted by Crippen LogP contribution is 2.54. The molecule has 1 saturated carbocycles. The number of phenols is 1. The molecule has 0 unspecified atom stereocenters. The van der Waals surface area contributed by atoms with E-state index < -0.39 is 31.9 Å². The molecule has 1 fully saturated rings. The van der Waals surface area contributed by atoms with Crippen molar-refractivity contribution in [3.8, 4) is 5.75 Å². The SMILES string of the molecule is CS(=O)(=O)c1cc(O)c(C2(CC(=O)O)CC2)cc1F. The predicted molar refractivity (Wildman–Crippen MR) is 64.3 cm³/mol. The molecule has 0 bridgehead atoms. The lowest BCUT2D eigenvalue weighted by Crippen LogP contribution is -2.14. The van der Waals surface area contributed by atoms with Crippen LogP contribution in [0.15, 0.2) is 17.0 Å². The first-order chi connectivity index (χ1) is 8.66. The fourth-order valence-electron chi connectivity index (χ4n) is 2.23. The number of carboxylic acid groups (broad SMARTS) is 1. The van der Waals surface area contributed by atoms with Crippen LogP contribution in [0.1, 0.15) is 24.8 Å². The maximum atomic E-state index is 13.8. The van der Waals surface area contributed by atoms with E-state index in [0.717, 1.165) is 18.4 Å². The Bertz CT molecular complexity index is 646. The third-order valence-electron chi connectivity index (χ3n) is 3.36. The van der Waals surface area contributed by atoms with Crippen LogP contribution in [0.4, 0.5) is 4.39 Å². The summed E-state index contributed by atoms with van der Waals surface area (Å²) in [4.78, 5) is 10.2. The standard InChI is InChI=1S/C12H13FO5S/c1-19(17,18)10-5-9(14)7(4-8(10)13)12(2-3-12)6-11(15)16/h4-5,14H,2-3,6H2,1H3,(H,15,16).